The van der Waals surface area contributed by atoms with E-state index in [2.05, 4.69) is 15.3 Å². The number of nitrogens with two attached hydrogens (primary N) is 2. The normalized spacial score (nSPS) is 13.8. The quantitative estimate of drug-likeness (QED) is 0.121. The molecular weight excluding hydrogens is 533 g/mol. The van der Waals surface area contributed by atoms with Crippen LogP contribution < -0.4 is 16.8 Å². The average Bonchev–Trinajstić information content (AvgIpc) is 2.93. The highest BCUT2D eigenvalue weighted by atomic mass is 19.1. The lowest BCUT2D eigenvalue weighted by atomic mass is 9.90. The SMILES string of the molecule is CC(C)(OCCC[C@H](C[C@H](O)[C@H](Cc1cccc(F)c1)NC(=O)c1cnc2ccccc2n1)C(N)=O)OC(=O)CN. The summed E-state index contributed by atoms with van der Waals surface area (Å²) < 4.78 is 24.6. The smallest absolute Gasteiger partial charge is 0.322 e. The zero-order valence-corrected chi connectivity index (χ0v) is 23.1. The summed E-state index contributed by atoms with van der Waals surface area (Å²) in [6, 6.07) is 12.0. The predicted molar refractivity (Wildman–Crippen MR) is 149 cm³/mol. The Labute approximate surface area is 237 Å². The molecule has 2 amide bonds. The Kier molecular flexibility index (Phi) is 11.2. The van der Waals surface area contributed by atoms with Crippen LogP contribution in [0.5, 0.6) is 0 Å². The molecule has 1 heterocycles. The fourth-order valence-electron chi connectivity index (χ4n) is 4.34. The largest absolute Gasteiger partial charge is 0.433 e. The number of halogens is 1. The fourth-order valence-corrected chi connectivity index (χ4v) is 4.34. The van der Waals surface area contributed by atoms with Crippen LogP contribution in [0.15, 0.2) is 54.7 Å². The van der Waals surface area contributed by atoms with Crippen molar-refractivity contribution in [2.45, 2.75) is 57.5 Å². The van der Waals surface area contributed by atoms with E-state index in [4.69, 9.17) is 20.9 Å². The third-order valence-electron chi connectivity index (χ3n) is 6.41. The lowest BCUT2D eigenvalue weighted by Gasteiger charge is -2.27. The van der Waals surface area contributed by atoms with Crippen LogP contribution >= 0.6 is 0 Å². The summed E-state index contributed by atoms with van der Waals surface area (Å²) in [6.07, 6.45) is 0.783. The molecule has 0 saturated heterocycles. The number of nitrogens with zero attached hydrogens (tertiary/aromatic N) is 2. The van der Waals surface area contributed by atoms with Gasteiger partial charge in [-0.2, -0.15) is 0 Å². The van der Waals surface area contributed by atoms with Crippen molar-refractivity contribution >= 4 is 28.8 Å². The van der Waals surface area contributed by atoms with Crippen molar-refractivity contribution in [2.75, 3.05) is 13.2 Å². The molecule has 2 aromatic carbocycles. The van der Waals surface area contributed by atoms with Crippen LogP contribution in [0.3, 0.4) is 0 Å². The Morgan fingerprint density at radius 1 is 1.12 bits per heavy atom. The number of esters is 1. The molecule has 41 heavy (non-hydrogen) atoms. The van der Waals surface area contributed by atoms with Gasteiger partial charge in [-0.1, -0.05) is 24.3 Å². The number of primary amides is 1. The molecule has 220 valence electrons. The van der Waals surface area contributed by atoms with Crippen LogP contribution in [0.4, 0.5) is 4.39 Å². The monoisotopic (exact) mass is 569 g/mol. The van der Waals surface area contributed by atoms with Crippen LogP contribution in [0.1, 0.15) is 49.2 Å². The highest BCUT2D eigenvalue weighted by Gasteiger charge is 2.29. The van der Waals surface area contributed by atoms with E-state index in [0.717, 1.165) is 0 Å². The van der Waals surface area contributed by atoms with E-state index >= 15 is 0 Å². The van der Waals surface area contributed by atoms with E-state index in [1.807, 2.05) is 0 Å². The first kappa shape index (κ1) is 31.5. The number of aromatic nitrogens is 2. The topological polar surface area (TPSA) is 180 Å². The molecule has 0 fully saturated rings. The summed E-state index contributed by atoms with van der Waals surface area (Å²) >= 11 is 0. The van der Waals surface area contributed by atoms with Gasteiger partial charge < -0.3 is 31.4 Å². The van der Waals surface area contributed by atoms with Crippen molar-refractivity contribution in [1.29, 1.82) is 0 Å². The number of hydrogen-bond donors (Lipinski definition) is 4. The second-order valence-corrected chi connectivity index (χ2v) is 10.1. The van der Waals surface area contributed by atoms with E-state index in [-0.39, 0.29) is 38.1 Å². The van der Waals surface area contributed by atoms with Crippen molar-refractivity contribution in [1.82, 2.24) is 15.3 Å². The van der Waals surface area contributed by atoms with Gasteiger partial charge in [-0.25, -0.2) is 9.37 Å². The lowest BCUT2D eigenvalue weighted by Crippen LogP contribution is -2.46. The number of nitrogens with one attached hydrogen (secondary N) is 1. The number of carbonyl (C=O) groups excluding carboxylic acids is 3. The van der Waals surface area contributed by atoms with Gasteiger partial charge in [-0.3, -0.25) is 19.4 Å². The summed E-state index contributed by atoms with van der Waals surface area (Å²) in [5, 5.41) is 14.0. The van der Waals surface area contributed by atoms with Crippen LogP contribution in [-0.4, -0.2) is 63.9 Å². The lowest BCUT2D eigenvalue weighted by molar-refractivity contribution is -0.214. The third kappa shape index (κ3) is 9.85. The number of ether oxygens (including phenoxy) is 2. The molecule has 0 aliphatic heterocycles. The summed E-state index contributed by atoms with van der Waals surface area (Å²) in [5.74, 6) is -4.25. The minimum Gasteiger partial charge on any atom is -0.433 e. The highest BCUT2D eigenvalue weighted by Crippen LogP contribution is 2.20. The predicted octanol–water partition coefficient (Wildman–Crippen LogP) is 2.00. The minimum atomic E-state index is -1.21. The second kappa shape index (κ2) is 14.6. The summed E-state index contributed by atoms with van der Waals surface area (Å²) in [6.45, 7) is 3.00. The zero-order chi connectivity index (χ0) is 30.0. The zero-order valence-electron chi connectivity index (χ0n) is 23.1. The number of amides is 2. The molecule has 1 aromatic heterocycles. The van der Waals surface area contributed by atoms with Crippen LogP contribution in [0, 0.1) is 11.7 Å². The molecular formula is C29H36FN5O6. The number of hydrogen-bond acceptors (Lipinski definition) is 9. The number of para-hydroxylation sites is 2. The maximum absolute atomic E-state index is 13.9. The molecule has 0 aliphatic carbocycles. The molecule has 0 spiro atoms. The molecule has 0 bridgehead atoms. The van der Waals surface area contributed by atoms with Crippen LogP contribution in [-0.2, 0) is 25.5 Å². The average molecular weight is 570 g/mol. The fraction of sp³-hybridized carbons (Fsp3) is 0.414. The van der Waals surface area contributed by atoms with E-state index < -0.39 is 47.5 Å². The molecule has 12 heteroatoms. The van der Waals surface area contributed by atoms with Crippen molar-refractivity contribution in [3.63, 3.8) is 0 Å². The standard InChI is InChI=1S/C29H36FN5O6/c1-29(2,41-26(37)16-31)40-12-6-8-19(27(32)38)15-25(36)23(14-18-7-5-9-20(30)13-18)35-28(39)24-17-33-21-10-3-4-11-22(21)34-24/h3-5,7,9-11,13,17,19,23,25,36H,6,8,12,14-16,31H2,1-2H3,(H2,32,38)(H,35,39)/t19-,23+,25+/m1/s1. The van der Waals surface area contributed by atoms with Gasteiger partial charge in [0.1, 0.15) is 11.5 Å². The van der Waals surface area contributed by atoms with E-state index in [1.54, 1.807) is 44.2 Å². The van der Waals surface area contributed by atoms with Gasteiger partial charge in [0.15, 0.2) is 0 Å². The van der Waals surface area contributed by atoms with Crippen molar-refractivity contribution < 1.29 is 33.4 Å². The number of rotatable bonds is 15. The van der Waals surface area contributed by atoms with Gasteiger partial charge in [-0.15, -0.1) is 0 Å². The number of aliphatic hydroxyl groups is 1. The molecule has 0 radical (unpaired) electrons. The number of carbonyl (C=O) groups is 3. The van der Waals surface area contributed by atoms with E-state index in [9.17, 15) is 23.9 Å². The Hall–Kier alpha value is -4.00. The van der Waals surface area contributed by atoms with Crippen molar-refractivity contribution in [2.24, 2.45) is 17.4 Å². The first-order valence-corrected chi connectivity index (χ1v) is 13.3. The van der Waals surface area contributed by atoms with E-state index in [1.165, 1.54) is 24.4 Å². The highest BCUT2D eigenvalue weighted by molar-refractivity contribution is 5.94. The van der Waals surface area contributed by atoms with Gasteiger partial charge in [-0.05, 0) is 55.5 Å². The van der Waals surface area contributed by atoms with Crippen LogP contribution in [0.25, 0.3) is 11.0 Å². The molecule has 11 nitrogen and oxygen atoms in total. The molecule has 3 rings (SSSR count). The van der Waals surface area contributed by atoms with Crippen molar-refractivity contribution in [3.8, 4) is 0 Å². The Morgan fingerprint density at radius 2 is 1.85 bits per heavy atom. The van der Waals surface area contributed by atoms with E-state index in [0.29, 0.717) is 23.0 Å². The molecule has 0 aliphatic rings. The van der Waals surface area contributed by atoms with Gasteiger partial charge in [0.25, 0.3) is 5.91 Å². The second-order valence-electron chi connectivity index (χ2n) is 10.1. The van der Waals surface area contributed by atoms with Gasteiger partial charge in [0, 0.05) is 19.8 Å². The van der Waals surface area contributed by atoms with Gasteiger partial charge >= 0.3 is 5.97 Å². The first-order valence-electron chi connectivity index (χ1n) is 13.3. The molecule has 3 aromatic rings. The Bertz CT molecular complexity index is 1350. The molecule has 0 saturated carbocycles. The molecule has 0 unspecified atom stereocenters. The number of aliphatic hydroxyl groups excluding tert-OH is 1. The van der Waals surface area contributed by atoms with Gasteiger partial charge in [0.05, 0.1) is 42.5 Å². The summed E-state index contributed by atoms with van der Waals surface area (Å²) in [5.41, 5.74) is 12.6. The maximum Gasteiger partial charge on any atom is 0.322 e. The third-order valence-corrected chi connectivity index (χ3v) is 6.41. The molecule has 3 atom stereocenters. The Morgan fingerprint density at radius 3 is 2.54 bits per heavy atom. The van der Waals surface area contributed by atoms with Crippen LogP contribution in [0.2, 0.25) is 0 Å². The Balaban J connectivity index is 1.69. The van der Waals surface area contributed by atoms with Crippen molar-refractivity contribution in [3.05, 3.63) is 71.8 Å². The minimum absolute atomic E-state index is 0.0432. The molecule has 6 N–H and O–H groups in total. The number of benzene rings is 2. The first-order chi connectivity index (χ1) is 19.5. The summed E-state index contributed by atoms with van der Waals surface area (Å²) in [7, 11) is 0. The maximum atomic E-state index is 13.9. The summed E-state index contributed by atoms with van der Waals surface area (Å²) in [4.78, 5) is 45.4. The van der Waals surface area contributed by atoms with Gasteiger partial charge in [0.2, 0.25) is 11.7 Å². The number of fused-ring (bicyclic) bond motifs is 1.